The van der Waals surface area contributed by atoms with Gasteiger partial charge in [-0.3, -0.25) is 0 Å². The summed E-state index contributed by atoms with van der Waals surface area (Å²) in [5, 5.41) is 0. The molecule has 1 aliphatic heterocycles. The van der Waals surface area contributed by atoms with E-state index in [0.717, 1.165) is 38.7 Å². The summed E-state index contributed by atoms with van der Waals surface area (Å²) in [6, 6.07) is 3.94. The Labute approximate surface area is 119 Å². The van der Waals surface area contributed by atoms with Crippen LogP contribution in [0.4, 0.5) is 0 Å². The van der Waals surface area contributed by atoms with Crippen molar-refractivity contribution in [3.05, 3.63) is 28.1 Å². The average Bonchev–Trinajstić information content (AvgIpc) is 2.95. The fraction of sp³-hybridized carbons (Fsp3) is 0.308. The minimum atomic E-state index is 0.273. The molecular weight excluding hydrogens is 310 g/mol. The number of hydrogen-bond acceptors (Lipinski definition) is 4. The molecule has 2 N–H and O–H groups in total. The van der Waals surface area contributed by atoms with Gasteiger partial charge in [0, 0.05) is 12.6 Å². The lowest BCUT2D eigenvalue weighted by Crippen LogP contribution is -2.04. The van der Waals surface area contributed by atoms with Crippen molar-refractivity contribution < 1.29 is 9.47 Å². The van der Waals surface area contributed by atoms with E-state index in [4.69, 9.17) is 15.2 Å². The monoisotopic (exact) mass is 323 g/mol. The van der Waals surface area contributed by atoms with Crippen molar-refractivity contribution in [2.75, 3.05) is 6.79 Å². The topological polar surface area (TPSA) is 62.3 Å². The van der Waals surface area contributed by atoms with Crippen molar-refractivity contribution in [1.82, 2.24) is 9.55 Å². The summed E-state index contributed by atoms with van der Waals surface area (Å²) >= 11 is 3.57. The second-order valence-electron chi connectivity index (χ2n) is 4.45. The lowest BCUT2D eigenvalue weighted by Gasteiger charge is -2.06. The Morgan fingerprint density at radius 3 is 2.68 bits per heavy atom. The molecule has 1 aromatic carbocycles. The molecule has 6 heteroatoms. The van der Waals surface area contributed by atoms with Crippen LogP contribution in [0.1, 0.15) is 11.4 Å². The van der Waals surface area contributed by atoms with Crippen LogP contribution < -0.4 is 15.2 Å². The third kappa shape index (κ3) is 1.91. The molecule has 5 nitrogen and oxygen atoms in total. The van der Waals surface area contributed by atoms with E-state index in [0.29, 0.717) is 6.54 Å². The second-order valence-corrected chi connectivity index (χ2v) is 5.20. The summed E-state index contributed by atoms with van der Waals surface area (Å²) in [7, 11) is 1.94. The number of aryl methyl sites for hydroxylation is 1. The van der Waals surface area contributed by atoms with Gasteiger partial charge in [-0.1, -0.05) is 0 Å². The number of nitrogens with zero attached hydrogens (tertiary/aromatic N) is 2. The Morgan fingerprint density at radius 1 is 1.37 bits per heavy atom. The number of ether oxygens (including phenoxy) is 2. The van der Waals surface area contributed by atoms with Gasteiger partial charge in [-0.15, -0.1) is 0 Å². The smallest absolute Gasteiger partial charge is 0.231 e. The molecule has 0 saturated heterocycles. The van der Waals surface area contributed by atoms with E-state index in [1.165, 1.54) is 0 Å². The third-order valence-electron chi connectivity index (χ3n) is 3.28. The fourth-order valence-electron chi connectivity index (χ4n) is 2.17. The van der Waals surface area contributed by atoms with E-state index in [1.807, 2.05) is 30.7 Å². The predicted molar refractivity (Wildman–Crippen MR) is 75.1 cm³/mol. The molecule has 0 radical (unpaired) electrons. The molecule has 100 valence electrons. The van der Waals surface area contributed by atoms with E-state index in [-0.39, 0.29) is 6.79 Å². The van der Waals surface area contributed by atoms with Gasteiger partial charge in [0.05, 0.1) is 6.54 Å². The zero-order valence-electron chi connectivity index (χ0n) is 10.7. The van der Waals surface area contributed by atoms with Crippen molar-refractivity contribution in [3.63, 3.8) is 0 Å². The van der Waals surface area contributed by atoms with E-state index in [2.05, 4.69) is 20.9 Å². The van der Waals surface area contributed by atoms with Crippen LogP contribution in [0.15, 0.2) is 16.7 Å². The van der Waals surface area contributed by atoms with E-state index >= 15 is 0 Å². The Bertz CT molecular complexity index is 652. The van der Waals surface area contributed by atoms with Gasteiger partial charge in [0.15, 0.2) is 11.5 Å². The molecule has 0 aliphatic carbocycles. The first-order chi connectivity index (χ1) is 9.11. The van der Waals surface area contributed by atoms with Crippen LogP contribution in [0.5, 0.6) is 11.5 Å². The van der Waals surface area contributed by atoms with Gasteiger partial charge in [0.1, 0.15) is 16.1 Å². The highest BCUT2D eigenvalue weighted by atomic mass is 79.9. The minimum Gasteiger partial charge on any atom is -0.454 e. The number of hydrogen-bond donors (Lipinski definition) is 1. The van der Waals surface area contributed by atoms with Crippen molar-refractivity contribution in [3.8, 4) is 22.8 Å². The molecule has 0 bridgehead atoms. The van der Waals surface area contributed by atoms with Crippen LogP contribution in [0.25, 0.3) is 11.3 Å². The van der Waals surface area contributed by atoms with E-state index < -0.39 is 0 Å². The van der Waals surface area contributed by atoms with Gasteiger partial charge >= 0.3 is 0 Å². The molecule has 0 saturated carbocycles. The Balaban J connectivity index is 2.17. The summed E-state index contributed by atoms with van der Waals surface area (Å²) in [5.41, 5.74) is 8.67. The first-order valence-electron chi connectivity index (χ1n) is 5.93. The molecule has 0 atom stereocenters. The molecule has 1 aliphatic rings. The van der Waals surface area contributed by atoms with Crippen LogP contribution in [-0.4, -0.2) is 16.3 Å². The van der Waals surface area contributed by atoms with Gasteiger partial charge in [-0.05, 0) is 40.5 Å². The van der Waals surface area contributed by atoms with Gasteiger partial charge in [-0.25, -0.2) is 4.98 Å². The normalized spacial score (nSPS) is 13.1. The number of imidazole rings is 1. The van der Waals surface area contributed by atoms with Crippen LogP contribution in [0, 0.1) is 6.92 Å². The number of benzene rings is 1. The van der Waals surface area contributed by atoms with Gasteiger partial charge in [-0.2, -0.15) is 0 Å². The highest BCUT2D eigenvalue weighted by Crippen LogP contribution is 2.40. The number of fused-ring (bicyclic) bond motifs is 1. The van der Waals surface area contributed by atoms with Crippen LogP contribution in [-0.2, 0) is 13.6 Å². The molecular formula is C13H14BrN3O2. The summed E-state index contributed by atoms with van der Waals surface area (Å²) in [5.74, 6) is 2.37. The van der Waals surface area contributed by atoms with Crippen LogP contribution in [0.3, 0.4) is 0 Å². The highest BCUT2D eigenvalue weighted by molar-refractivity contribution is 9.10. The maximum Gasteiger partial charge on any atom is 0.231 e. The van der Waals surface area contributed by atoms with Gasteiger partial charge in [0.2, 0.25) is 6.79 Å². The SMILES string of the molecule is Cc1cc2c(cc1-c1nc(CN)n(C)c1Br)OCO2. The standard InChI is InChI=1S/C13H14BrN3O2/c1-7-3-9-10(19-6-18-9)4-8(7)12-13(14)17(2)11(5-15)16-12/h3-4H,5-6,15H2,1-2H3. The molecule has 0 amide bonds. The van der Waals surface area contributed by atoms with Crippen molar-refractivity contribution in [2.45, 2.75) is 13.5 Å². The summed E-state index contributed by atoms with van der Waals surface area (Å²) in [4.78, 5) is 4.58. The largest absolute Gasteiger partial charge is 0.454 e. The molecule has 0 spiro atoms. The Hall–Kier alpha value is -1.53. The quantitative estimate of drug-likeness (QED) is 0.921. The average molecular weight is 324 g/mol. The first kappa shape index (κ1) is 12.5. The number of nitrogens with two attached hydrogens (primary N) is 1. The molecule has 2 aromatic rings. The zero-order valence-corrected chi connectivity index (χ0v) is 12.3. The minimum absolute atomic E-state index is 0.273. The van der Waals surface area contributed by atoms with Gasteiger partial charge in [0.25, 0.3) is 0 Å². The third-order valence-corrected chi connectivity index (χ3v) is 4.18. The molecule has 19 heavy (non-hydrogen) atoms. The molecule has 1 aromatic heterocycles. The molecule has 0 fully saturated rings. The first-order valence-corrected chi connectivity index (χ1v) is 6.73. The fourth-order valence-corrected chi connectivity index (χ4v) is 2.68. The molecule has 3 rings (SSSR count). The number of halogens is 1. The van der Waals surface area contributed by atoms with Crippen molar-refractivity contribution >= 4 is 15.9 Å². The zero-order chi connectivity index (χ0) is 13.6. The van der Waals surface area contributed by atoms with Crippen LogP contribution in [0.2, 0.25) is 0 Å². The number of aromatic nitrogens is 2. The van der Waals surface area contributed by atoms with Crippen molar-refractivity contribution in [1.29, 1.82) is 0 Å². The lowest BCUT2D eigenvalue weighted by molar-refractivity contribution is 0.174. The Kier molecular flexibility index (Phi) is 2.99. The highest BCUT2D eigenvalue weighted by Gasteiger charge is 2.20. The number of rotatable bonds is 2. The van der Waals surface area contributed by atoms with Crippen molar-refractivity contribution in [2.24, 2.45) is 12.8 Å². The van der Waals surface area contributed by atoms with Gasteiger partial charge < -0.3 is 19.8 Å². The van der Waals surface area contributed by atoms with Crippen LogP contribution >= 0.6 is 15.9 Å². The maximum absolute atomic E-state index is 5.69. The molecule has 2 heterocycles. The predicted octanol–water partition coefficient (Wildman–Crippen LogP) is 2.35. The lowest BCUT2D eigenvalue weighted by atomic mass is 10.1. The van der Waals surface area contributed by atoms with E-state index in [1.54, 1.807) is 0 Å². The van der Waals surface area contributed by atoms with E-state index in [9.17, 15) is 0 Å². The molecule has 0 unspecified atom stereocenters. The summed E-state index contributed by atoms with van der Waals surface area (Å²) in [6.45, 7) is 2.70. The Morgan fingerprint density at radius 2 is 2.05 bits per heavy atom. The maximum atomic E-state index is 5.69. The second kappa shape index (κ2) is 4.54. The summed E-state index contributed by atoms with van der Waals surface area (Å²) in [6.07, 6.45) is 0. The summed E-state index contributed by atoms with van der Waals surface area (Å²) < 4.78 is 13.6.